The average Bonchev–Trinajstić information content (AvgIpc) is 2.79. The normalized spacial score (nSPS) is 9.75. The van der Waals surface area contributed by atoms with Gasteiger partial charge in [-0.3, -0.25) is 0 Å². The van der Waals surface area contributed by atoms with E-state index in [1.165, 1.54) is 6.26 Å². The molecule has 0 aliphatic carbocycles. The van der Waals surface area contributed by atoms with Gasteiger partial charge in [0.05, 0.1) is 17.8 Å². The fourth-order valence-electron chi connectivity index (χ4n) is 1.27. The minimum absolute atomic E-state index is 0.492. The molecule has 0 unspecified atom stereocenters. The summed E-state index contributed by atoms with van der Waals surface area (Å²) in [4.78, 5) is 0. The molecule has 5 heteroatoms. The fourth-order valence-corrected chi connectivity index (χ4v) is 1.45. The summed E-state index contributed by atoms with van der Waals surface area (Å²) in [5.41, 5.74) is 2.01. The second-order valence-electron chi connectivity index (χ2n) is 3.15. The van der Waals surface area contributed by atoms with Crippen LogP contribution in [0.25, 0.3) is 0 Å². The lowest BCUT2D eigenvalue weighted by atomic mass is 10.2. The molecule has 2 aromatic rings. The highest BCUT2D eigenvalue weighted by Gasteiger charge is 2.03. The van der Waals surface area contributed by atoms with Crippen molar-refractivity contribution in [2.45, 2.75) is 6.54 Å². The quantitative estimate of drug-likeness (QED) is 0.886. The van der Waals surface area contributed by atoms with Gasteiger partial charge in [0.1, 0.15) is 18.0 Å². The Balaban J connectivity index is 2.15. The number of nitrogens with one attached hydrogen (secondary N) is 1. The highest BCUT2D eigenvalue weighted by atomic mass is 35.5. The molecule has 16 heavy (non-hydrogen) atoms. The van der Waals surface area contributed by atoms with Crippen molar-refractivity contribution >= 4 is 17.3 Å². The van der Waals surface area contributed by atoms with Gasteiger partial charge in [-0.1, -0.05) is 16.8 Å². The van der Waals surface area contributed by atoms with Crippen LogP contribution < -0.4 is 5.32 Å². The van der Waals surface area contributed by atoms with Gasteiger partial charge in [-0.2, -0.15) is 5.26 Å². The summed E-state index contributed by atoms with van der Waals surface area (Å²) in [5.74, 6) is 0. The Kier molecular flexibility index (Phi) is 3.08. The van der Waals surface area contributed by atoms with E-state index in [9.17, 15) is 0 Å². The van der Waals surface area contributed by atoms with E-state index in [-0.39, 0.29) is 0 Å². The highest BCUT2D eigenvalue weighted by molar-refractivity contribution is 6.30. The molecule has 80 valence electrons. The maximum Gasteiger partial charge on any atom is 0.124 e. The number of nitriles is 1. The number of halogens is 1. The third-order valence-electron chi connectivity index (χ3n) is 2.05. The maximum atomic E-state index is 8.90. The first-order chi connectivity index (χ1) is 7.79. The summed E-state index contributed by atoms with van der Waals surface area (Å²) in [6.45, 7) is 0.492. The van der Waals surface area contributed by atoms with Crippen molar-refractivity contribution in [1.82, 2.24) is 5.16 Å². The minimum atomic E-state index is 0.492. The van der Waals surface area contributed by atoms with E-state index in [1.54, 1.807) is 24.3 Å². The maximum absolute atomic E-state index is 8.90. The van der Waals surface area contributed by atoms with Crippen LogP contribution in [-0.4, -0.2) is 5.16 Å². The Morgan fingerprint density at radius 3 is 3.00 bits per heavy atom. The van der Waals surface area contributed by atoms with Gasteiger partial charge in [-0.05, 0) is 18.2 Å². The molecule has 0 aliphatic rings. The van der Waals surface area contributed by atoms with Crippen LogP contribution in [0.15, 0.2) is 35.1 Å². The van der Waals surface area contributed by atoms with E-state index in [2.05, 4.69) is 16.5 Å². The van der Waals surface area contributed by atoms with Crippen molar-refractivity contribution in [3.8, 4) is 6.07 Å². The van der Waals surface area contributed by atoms with Crippen molar-refractivity contribution in [2.75, 3.05) is 5.32 Å². The van der Waals surface area contributed by atoms with E-state index in [4.69, 9.17) is 21.4 Å². The zero-order valence-electron chi connectivity index (χ0n) is 8.27. The number of nitrogens with zero attached hydrogens (tertiary/aromatic N) is 2. The van der Waals surface area contributed by atoms with E-state index >= 15 is 0 Å². The summed E-state index contributed by atoms with van der Waals surface area (Å²) in [6, 6.07) is 8.91. The van der Waals surface area contributed by atoms with Gasteiger partial charge in [0, 0.05) is 11.1 Å². The van der Waals surface area contributed by atoms with Crippen LogP contribution in [-0.2, 0) is 6.54 Å². The lowest BCUT2D eigenvalue weighted by Gasteiger charge is -2.06. The van der Waals surface area contributed by atoms with Crippen molar-refractivity contribution in [3.05, 3.63) is 46.8 Å². The van der Waals surface area contributed by atoms with E-state index in [0.717, 1.165) is 5.69 Å². The number of aromatic nitrogens is 1. The number of hydrogen-bond donors (Lipinski definition) is 1. The zero-order valence-corrected chi connectivity index (χ0v) is 9.03. The third-order valence-corrected chi connectivity index (χ3v) is 2.29. The second-order valence-corrected chi connectivity index (χ2v) is 3.58. The van der Waals surface area contributed by atoms with Crippen LogP contribution in [0.4, 0.5) is 5.69 Å². The van der Waals surface area contributed by atoms with Crippen LogP contribution in [0.3, 0.4) is 0 Å². The summed E-state index contributed by atoms with van der Waals surface area (Å²) in [5, 5.41) is 16.3. The van der Waals surface area contributed by atoms with E-state index in [1.807, 2.05) is 0 Å². The second kappa shape index (κ2) is 4.69. The van der Waals surface area contributed by atoms with Crippen molar-refractivity contribution in [1.29, 1.82) is 5.26 Å². The molecule has 0 saturated carbocycles. The van der Waals surface area contributed by atoms with Crippen molar-refractivity contribution < 1.29 is 4.52 Å². The predicted molar refractivity (Wildman–Crippen MR) is 60.0 cm³/mol. The molecule has 0 radical (unpaired) electrons. The summed E-state index contributed by atoms with van der Waals surface area (Å²) in [7, 11) is 0. The van der Waals surface area contributed by atoms with Crippen molar-refractivity contribution in [3.63, 3.8) is 0 Å². The first-order valence-corrected chi connectivity index (χ1v) is 5.00. The summed E-state index contributed by atoms with van der Waals surface area (Å²) < 4.78 is 4.70. The number of rotatable bonds is 3. The fraction of sp³-hybridized carbons (Fsp3) is 0.0909. The molecule has 1 aromatic carbocycles. The van der Waals surface area contributed by atoms with Gasteiger partial charge in [0.25, 0.3) is 0 Å². The van der Waals surface area contributed by atoms with Gasteiger partial charge in [-0.25, -0.2) is 0 Å². The largest absolute Gasteiger partial charge is 0.378 e. The predicted octanol–water partition coefficient (Wildman–Crippen LogP) is 2.81. The van der Waals surface area contributed by atoms with E-state index < -0.39 is 0 Å². The van der Waals surface area contributed by atoms with Crippen molar-refractivity contribution in [2.24, 2.45) is 0 Å². The molecule has 0 amide bonds. The van der Waals surface area contributed by atoms with Gasteiger partial charge in [-0.15, -0.1) is 0 Å². The molecular weight excluding hydrogens is 226 g/mol. The lowest BCUT2D eigenvalue weighted by Crippen LogP contribution is -2.01. The lowest BCUT2D eigenvalue weighted by molar-refractivity contribution is 0.412. The first-order valence-electron chi connectivity index (χ1n) is 4.62. The molecule has 0 spiro atoms. The highest BCUT2D eigenvalue weighted by Crippen LogP contribution is 2.20. The first kappa shape index (κ1) is 10.5. The molecule has 0 bridgehead atoms. The van der Waals surface area contributed by atoms with E-state index in [0.29, 0.717) is 22.8 Å². The molecule has 1 heterocycles. The molecule has 4 nitrogen and oxygen atoms in total. The van der Waals surface area contributed by atoms with Crippen LogP contribution in [0.5, 0.6) is 0 Å². The molecule has 0 aliphatic heterocycles. The van der Waals surface area contributed by atoms with Gasteiger partial charge >= 0.3 is 0 Å². The third kappa shape index (κ3) is 2.33. The monoisotopic (exact) mass is 233 g/mol. The minimum Gasteiger partial charge on any atom is -0.378 e. The molecule has 1 aromatic heterocycles. The number of anilines is 1. The zero-order chi connectivity index (χ0) is 11.4. The Hall–Kier alpha value is -1.99. The van der Waals surface area contributed by atoms with Gasteiger partial charge in [0.2, 0.25) is 0 Å². The Morgan fingerprint density at radius 1 is 1.44 bits per heavy atom. The number of hydrogen-bond acceptors (Lipinski definition) is 4. The topological polar surface area (TPSA) is 61.9 Å². The van der Waals surface area contributed by atoms with Crippen LogP contribution in [0, 0.1) is 11.3 Å². The molecule has 0 fully saturated rings. The molecule has 2 rings (SSSR count). The molecular formula is C11H8ClN3O. The van der Waals surface area contributed by atoms with Crippen LogP contribution in [0.2, 0.25) is 5.02 Å². The molecule has 0 saturated heterocycles. The van der Waals surface area contributed by atoms with Gasteiger partial charge in [0.15, 0.2) is 0 Å². The molecule has 1 N–H and O–H groups in total. The Labute approximate surface area is 97.4 Å². The Bertz CT molecular complexity index is 517. The van der Waals surface area contributed by atoms with Crippen LogP contribution in [0.1, 0.15) is 11.3 Å². The SMILES string of the molecule is N#Cc1ccc(Cl)cc1NCc1ccon1. The van der Waals surface area contributed by atoms with Gasteiger partial charge < -0.3 is 9.84 Å². The Morgan fingerprint density at radius 2 is 2.31 bits per heavy atom. The summed E-state index contributed by atoms with van der Waals surface area (Å²) in [6.07, 6.45) is 1.50. The average molecular weight is 234 g/mol. The van der Waals surface area contributed by atoms with Crippen LogP contribution >= 0.6 is 11.6 Å². The molecule has 0 atom stereocenters. The number of benzene rings is 1. The smallest absolute Gasteiger partial charge is 0.124 e. The standard InChI is InChI=1S/C11H8ClN3O/c12-9-2-1-8(6-13)11(5-9)14-7-10-3-4-16-15-10/h1-5,14H,7H2. The summed E-state index contributed by atoms with van der Waals surface area (Å²) >= 11 is 5.85.